The van der Waals surface area contributed by atoms with E-state index < -0.39 is 4.92 Å². The highest BCUT2D eigenvalue weighted by atomic mass is 16.6. The van der Waals surface area contributed by atoms with Crippen LogP contribution in [-0.4, -0.2) is 17.4 Å². The molecule has 0 saturated carbocycles. The molecule has 0 aromatic heterocycles. The highest BCUT2D eigenvalue weighted by Crippen LogP contribution is 2.31. The van der Waals surface area contributed by atoms with E-state index in [0.29, 0.717) is 12.2 Å². The van der Waals surface area contributed by atoms with Crippen molar-refractivity contribution >= 4 is 23.0 Å². The van der Waals surface area contributed by atoms with Crippen molar-refractivity contribution < 1.29 is 9.72 Å². The molecule has 1 aliphatic rings. The molecule has 6 nitrogen and oxygen atoms in total. The Balaban J connectivity index is 2.33. The number of nitro benzene ring substituents is 1. The summed E-state index contributed by atoms with van der Waals surface area (Å²) in [5, 5.41) is 10.6. The van der Waals surface area contributed by atoms with Gasteiger partial charge >= 0.3 is 0 Å². The Morgan fingerprint density at radius 3 is 2.78 bits per heavy atom. The largest absolute Gasteiger partial charge is 0.397 e. The summed E-state index contributed by atoms with van der Waals surface area (Å²) in [6.45, 7) is 0.400. The number of hydrogen-bond acceptors (Lipinski definition) is 4. The van der Waals surface area contributed by atoms with Gasteiger partial charge < -0.3 is 10.6 Å². The summed E-state index contributed by atoms with van der Waals surface area (Å²) in [6.07, 6.45) is 5.57. The molecule has 1 heterocycles. The van der Waals surface area contributed by atoms with Gasteiger partial charge in [-0.05, 0) is 6.07 Å². The third-order valence-corrected chi connectivity index (χ3v) is 2.87. The van der Waals surface area contributed by atoms with Gasteiger partial charge in [0, 0.05) is 31.0 Å². The molecule has 2 N–H and O–H groups in total. The van der Waals surface area contributed by atoms with Gasteiger partial charge in [-0.1, -0.05) is 0 Å². The maximum absolute atomic E-state index is 11.8. The van der Waals surface area contributed by atoms with Crippen LogP contribution in [0.3, 0.4) is 0 Å². The molecule has 0 radical (unpaired) electrons. The number of nitrogen functional groups attached to an aromatic ring is 1. The summed E-state index contributed by atoms with van der Waals surface area (Å²) in [4.78, 5) is 23.3. The zero-order chi connectivity index (χ0) is 13.3. The lowest BCUT2D eigenvalue weighted by molar-refractivity contribution is -0.384. The summed E-state index contributed by atoms with van der Waals surface area (Å²) in [5.74, 6) is 2.29. The van der Waals surface area contributed by atoms with Crippen LogP contribution in [0.5, 0.6) is 0 Å². The summed E-state index contributed by atoms with van der Waals surface area (Å²) in [5.41, 5.74) is 6.32. The number of rotatable bonds is 2. The molecule has 92 valence electrons. The first kappa shape index (κ1) is 11.9. The molecule has 0 aliphatic carbocycles. The SMILES string of the molecule is C#CC1CC(=O)N(c2ccc([N+](=O)[O-])cc2N)C1. The average molecular weight is 245 g/mol. The van der Waals surface area contributed by atoms with Crippen LogP contribution in [0.15, 0.2) is 18.2 Å². The van der Waals surface area contributed by atoms with Gasteiger partial charge in [0.15, 0.2) is 0 Å². The lowest BCUT2D eigenvalue weighted by Gasteiger charge is -2.17. The first-order valence-corrected chi connectivity index (χ1v) is 5.33. The second-order valence-corrected chi connectivity index (χ2v) is 4.07. The first-order chi connectivity index (χ1) is 8.52. The van der Waals surface area contributed by atoms with Crippen LogP contribution in [-0.2, 0) is 4.79 Å². The summed E-state index contributed by atoms with van der Waals surface area (Å²) in [6, 6.07) is 4.04. The summed E-state index contributed by atoms with van der Waals surface area (Å²) >= 11 is 0. The van der Waals surface area contributed by atoms with Gasteiger partial charge in [-0.25, -0.2) is 0 Å². The molecule has 2 rings (SSSR count). The molecule has 1 fully saturated rings. The van der Waals surface area contributed by atoms with Crippen molar-refractivity contribution in [3.05, 3.63) is 28.3 Å². The number of terminal acetylenes is 1. The van der Waals surface area contributed by atoms with Crippen molar-refractivity contribution in [2.24, 2.45) is 5.92 Å². The smallest absolute Gasteiger partial charge is 0.271 e. The van der Waals surface area contributed by atoms with Crippen molar-refractivity contribution in [2.75, 3.05) is 17.2 Å². The van der Waals surface area contributed by atoms with Crippen LogP contribution >= 0.6 is 0 Å². The number of nitro groups is 1. The molecular weight excluding hydrogens is 234 g/mol. The molecule has 1 aromatic rings. The molecule has 0 spiro atoms. The highest BCUT2D eigenvalue weighted by molar-refractivity contribution is 5.99. The van der Waals surface area contributed by atoms with Crippen molar-refractivity contribution in [1.82, 2.24) is 0 Å². The molecule has 1 amide bonds. The molecule has 1 atom stereocenters. The molecule has 18 heavy (non-hydrogen) atoms. The average Bonchev–Trinajstić information content (AvgIpc) is 2.70. The second kappa shape index (κ2) is 4.37. The predicted octanol–water partition coefficient (Wildman–Crippen LogP) is 1.16. The molecule has 1 unspecified atom stereocenters. The molecule has 1 aromatic carbocycles. The lowest BCUT2D eigenvalue weighted by Crippen LogP contribution is -2.25. The van der Waals surface area contributed by atoms with E-state index in [-0.39, 0.29) is 29.6 Å². The zero-order valence-electron chi connectivity index (χ0n) is 9.50. The third kappa shape index (κ3) is 1.98. The van der Waals surface area contributed by atoms with Crippen LogP contribution in [0.2, 0.25) is 0 Å². The maximum atomic E-state index is 11.8. The van der Waals surface area contributed by atoms with Crippen molar-refractivity contribution in [1.29, 1.82) is 0 Å². The normalized spacial score (nSPS) is 18.7. The molecule has 1 aliphatic heterocycles. The van der Waals surface area contributed by atoms with Crippen LogP contribution in [0.1, 0.15) is 6.42 Å². The molecule has 0 bridgehead atoms. The Morgan fingerprint density at radius 2 is 2.28 bits per heavy atom. The number of non-ortho nitro benzene ring substituents is 1. The number of hydrogen-bond donors (Lipinski definition) is 1. The van der Waals surface area contributed by atoms with E-state index in [2.05, 4.69) is 5.92 Å². The van der Waals surface area contributed by atoms with E-state index >= 15 is 0 Å². The Morgan fingerprint density at radius 1 is 1.56 bits per heavy atom. The number of anilines is 2. The monoisotopic (exact) mass is 245 g/mol. The first-order valence-electron chi connectivity index (χ1n) is 5.33. The van der Waals surface area contributed by atoms with Crippen LogP contribution in [0.25, 0.3) is 0 Å². The van der Waals surface area contributed by atoms with E-state index in [1.54, 1.807) is 0 Å². The van der Waals surface area contributed by atoms with E-state index in [0.717, 1.165) is 0 Å². The van der Waals surface area contributed by atoms with Crippen molar-refractivity contribution in [3.63, 3.8) is 0 Å². The quantitative estimate of drug-likeness (QED) is 0.366. The summed E-state index contributed by atoms with van der Waals surface area (Å²) in [7, 11) is 0. The number of nitrogens with two attached hydrogens (primary N) is 1. The maximum Gasteiger partial charge on any atom is 0.271 e. The number of nitrogens with zero attached hydrogens (tertiary/aromatic N) is 2. The van der Waals surface area contributed by atoms with Gasteiger partial charge in [-0.15, -0.1) is 12.3 Å². The summed E-state index contributed by atoms with van der Waals surface area (Å²) < 4.78 is 0. The van der Waals surface area contributed by atoms with E-state index in [1.165, 1.54) is 23.1 Å². The highest BCUT2D eigenvalue weighted by Gasteiger charge is 2.30. The van der Waals surface area contributed by atoms with Crippen LogP contribution in [0, 0.1) is 28.4 Å². The Labute approximate surface area is 104 Å². The minimum Gasteiger partial charge on any atom is -0.397 e. The Hall–Kier alpha value is -2.55. The minimum absolute atomic E-state index is 0.101. The lowest BCUT2D eigenvalue weighted by atomic mass is 10.1. The molecule has 1 saturated heterocycles. The standard InChI is InChI=1S/C12H11N3O3/c1-2-8-5-12(16)14(7-8)11-4-3-9(15(17)18)6-10(11)13/h1,3-4,6,8H,5,7,13H2. The van der Waals surface area contributed by atoms with Crippen LogP contribution < -0.4 is 10.6 Å². The van der Waals surface area contributed by atoms with Gasteiger partial charge in [-0.3, -0.25) is 14.9 Å². The number of carbonyl (C=O) groups excluding carboxylic acids is 1. The number of amides is 1. The fourth-order valence-corrected chi connectivity index (χ4v) is 1.95. The predicted molar refractivity (Wildman–Crippen MR) is 66.8 cm³/mol. The van der Waals surface area contributed by atoms with Gasteiger partial charge in [0.1, 0.15) is 0 Å². The van der Waals surface area contributed by atoms with Gasteiger partial charge in [-0.2, -0.15) is 0 Å². The van der Waals surface area contributed by atoms with Gasteiger partial charge in [0.05, 0.1) is 16.3 Å². The molecular formula is C12H11N3O3. The van der Waals surface area contributed by atoms with Gasteiger partial charge in [0.25, 0.3) is 5.69 Å². The second-order valence-electron chi connectivity index (χ2n) is 4.07. The van der Waals surface area contributed by atoms with Crippen LogP contribution in [0.4, 0.5) is 17.1 Å². The van der Waals surface area contributed by atoms with Gasteiger partial charge in [0.2, 0.25) is 5.91 Å². The van der Waals surface area contributed by atoms with Crippen molar-refractivity contribution in [2.45, 2.75) is 6.42 Å². The topological polar surface area (TPSA) is 89.5 Å². The fraction of sp³-hybridized carbons (Fsp3) is 0.250. The van der Waals surface area contributed by atoms with E-state index in [1.807, 2.05) is 0 Å². The van der Waals surface area contributed by atoms with Crippen molar-refractivity contribution in [3.8, 4) is 12.3 Å². The minimum atomic E-state index is -0.532. The third-order valence-electron chi connectivity index (χ3n) is 2.87. The van der Waals surface area contributed by atoms with E-state index in [4.69, 9.17) is 12.2 Å². The number of carbonyl (C=O) groups is 1. The number of benzene rings is 1. The van der Waals surface area contributed by atoms with E-state index in [9.17, 15) is 14.9 Å². The Bertz CT molecular complexity index is 562. The zero-order valence-corrected chi connectivity index (χ0v) is 9.50. The molecule has 6 heteroatoms. The fourth-order valence-electron chi connectivity index (χ4n) is 1.95. The Kier molecular flexibility index (Phi) is 2.90.